The summed E-state index contributed by atoms with van der Waals surface area (Å²) in [5, 5.41) is 0. The number of ether oxygens (including phenoxy) is 1. The van der Waals surface area contributed by atoms with Gasteiger partial charge in [-0.05, 0) is 37.5 Å². The van der Waals surface area contributed by atoms with Crippen molar-refractivity contribution in [2.45, 2.75) is 25.5 Å². The van der Waals surface area contributed by atoms with E-state index in [2.05, 4.69) is 15.0 Å². The molecule has 0 spiro atoms. The SMILES string of the molecule is Fc1ccc(-c2ncnc3c2ncn3C2CCCCO2)cc1F. The largest absolute Gasteiger partial charge is 0.358 e. The van der Waals surface area contributed by atoms with Crippen molar-refractivity contribution in [1.82, 2.24) is 19.5 Å². The predicted octanol–water partition coefficient (Wildman–Crippen LogP) is 3.47. The summed E-state index contributed by atoms with van der Waals surface area (Å²) in [5.41, 5.74) is 2.12. The lowest BCUT2D eigenvalue weighted by atomic mass is 10.1. The van der Waals surface area contributed by atoms with Gasteiger partial charge in [0.1, 0.15) is 23.8 Å². The first-order valence-electron chi connectivity index (χ1n) is 7.48. The summed E-state index contributed by atoms with van der Waals surface area (Å²) in [6.07, 6.45) is 6.01. The van der Waals surface area contributed by atoms with Crippen molar-refractivity contribution < 1.29 is 13.5 Å². The summed E-state index contributed by atoms with van der Waals surface area (Å²) < 4.78 is 34.3. The van der Waals surface area contributed by atoms with Crippen LogP contribution in [0.3, 0.4) is 0 Å². The summed E-state index contributed by atoms with van der Waals surface area (Å²) in [5.74, 6) is -1.80. The van der Waals surface area contributed by atoms with Gasteiger partial charge in [-0.15, -0.1) is 0 Å². The van der Waals surface area contributed by atoms with Gasteiger partial charge in [-0.2, -0.15) is 0 Å². The number of imidazole rings is 1. The number of hydrogen-bond acceptors (Lipinski definition) is 4. The van der Waals surface area contributed by atoms with Crippen LogP contribution < -0.4 is 0 Å². The molecule has 0 radical (unpaired) electrons. The highest BCUT2D eigenvalue weighted by molar-refractivity contribution is 5.87. The number of nitrogens with zero attached hydrogens (tertiary/aromatic N) is 4. The molecule has 0 amide bonds. The topological polar surface area (TPSA) is 52.8 Å². The van der Waals surface area contributed by atoms with Crippen molar-refractivity contribution in [3.63, 3.8) is 0 Å². The number of benzene rings is 1. The second-order valence-corrected chi connectivity index (χ2v) is 5.50. The highest BCUT2D eigenvalue weighted by Crippen LogP contribution is 2.29. The average Bonchev–Trinajstić information content (AvgIpc) is 3.02. The van der Waals surface area contributed by atoms with Crippen molar-refractivity contribution in [2.75, 3.05) is 6.61 Å². The third-order valence-corrected chi connectivity index (χ3v) is 4.02. The Balaban J connectivity index is 1.82. The first kappa shape index (κ1) is 14.2. The number of hydrogen-bond donors (Lipinski definition) is 0. The van der Waals surface area contributed by atoms with E-state index < -0.39 is 11.6 Å². The van der Waals surface area contributed by atoms with Crippen LogP contribution in [0.1, 0.15) is 25.5 Å². The maximum absolute atomic E-state index is 13.5. The minimum atomic E-state index is -0.913. The second kappa shape index (κ2) is 5.66. The fourth-order valence-corrected chi connectivity index (χ4v) is 2.86. The monoisotopic (exact) mass is 316 g/mol. The number of rotatable bonds is 2. The molecule has 1 aromatic carbocycles. The molecule has 0 saturated carbocycles. The normalized spacial score (nSPS) is 18.4. The molecule has 2 aromatic heterocycles. The van der Waals surface area contributed by atoms with Crippen LogP contribution in [0.5, 0.6) is 0 Å². The van der Waals surface area contributed by atoms with Gasteiger partial charge < -0.3 is 4.74 Å². The zero-order valence-corrected chi connectivity index (χ0v) is 12.2. The molecule has 3 heterocycles. The van der Waals surface area contributed by atoms with Crippen LogP contribution in [-0.2, 0) is 4.74 Å². The van der Waals surface area contributed by atoms with Crippen LogP contribution in [0.15, 0.2) is 30.9 Å². The Morgan fingerprint density at radius 3 is 2.78 bits per heavy atom. The molecule has 1 saturated heterocycles. The Hall–Kier alpha value is -2.41. The molecule has 23 heavy (non-hydrogen) atoms. The van der Waals surface area contributed by atoms with Crippen LogP contribution in [0.4, 0.5) is 8.78 Å². The molecule has 3 aromatic rings. The van der Waals surface area contributed by atoms with E-state index in [-0.39, 0.29) is 6.23 Å². The lowest BCUT2D eigenvalue weighted by molar-refractivity contribution is -0.0298. The van der Waals surface area contributed by atoms with E-state index in [0.29, 0.717) is 29.0 Å². The zero-order chi connectivity index (χ0) is 15.8. The smallest absolute Gasteiger partial charge is 0.165 e. The fourth-order valence-electron chi connectivity index (χ4n) is 2.86. The lowest BCUT2D eigenvalue weighted by Gasteiger charge is -2.23. The zero-order valence-electron chi connectivity index (χ0n) is 12.2. The van der Waals surface area contributed by atoms with Gasteiger partial charge in [-0.1, -0.05) is 0 Å². The quantitative estimate of drug-likeness (QED) is 0.726. The Morgan fingerprint density at radius 1 is 1.09 bits per heavy atom. The molecule has 1 atom stereocenters. The van der Waals surface area contributed by atoms with Crippen molar-refractivity contribution in [3.8, 4) is 11.3 Å². The van der Waals surface area contributed by atoms with E-state index in [9.17, 15) is 8.78 Å². The van der Waals surface area contributed by atoms with Crippen LogP contribution in [0.25, 0.3) is 22.4 Å². The molecule has 118 valence electrons. The number of fused-ring (bicyclic) bond motifs is 1. The van der Waals surface area contributed by atoms with Gasteiger partial charge >= 0.3 is 0 Å². The molecule has 7 heteroatoms. The highest BCUT2D eigenvalue weighted by atomic mass is 19.2. The maximum atomic E-state index is 13.5. The van der Waals surface area contributed by atoms with Crippen LogP contribution >= 0.6 is 0 Å². The molecule has 0 bridgehead atoms. The molecule has 0 N–H and O–H groups in total. The standard InChI is InChI=1S/C16H14F2N4O/c17-11-5-4-10(7-12(11)18)14-15-16(20-8-19-14)22(9-21-15)13-3-1-2-6-23-13/h4-5,7-9,13H,1-3,6H2. The third kappa shape index (κ3) is 2.46. The fraction of sp³-hybridized carbons (Fsp3) is 0.312. The Bertz CT molecular complexity index is 858. The van der Waals surface area contributed by atoms with Crippen molar-refractivity contribution in [2.24, 2.45) is 0 Å². The molecule has 1 aliphatic heterocycles. The van der Waals surface area contributed by atoms with Crippen LogP contribution in [0.2, 0.25) is 0 Å². The first-order valence-corrected chi connectivity index (χ1v) is 7.48. The van der Waals surface area contributed by atoms with Gasteiger partial charge in [0.15, 0.2) is 17.3 Å². The van der Waals surface area contributed by atoms with Crippen LogP contribution in [-0.4, -0.2) is 26.1 Å². The Kier molecular flexibility index (Phi) is 3.49. The molecular formula is C16H14F2N4O. The second-order valence-electron chi connectivity index (χ2n) is 5.50. The third-order valence-electron chi connectivity index (χ3n) is 4.02. The minimum absolute atomic E-state index is 0.0959. The van der Waals surface area contributed by atoms with Gasteiger partial charge in [0.05, 0.1) is 6.33 Å². The maximum Gasteiger partial charge on any atom is 0.165 e. The van der Waals surface area contributed by atoms with E-state index in [1.165, 1.54) is 12.4 Å². The predicted molar refractivity (Wildman–Crippen MR) is 79.5 cm³/mol. The molecule has 0 aliphatic carbocycles. The van der Waals surface area contributed by atoms with E-state index in [4.69, 9.17) is 4.74 Å². The van der Waals surface area contributed by atoms with E-state index >= 15 is 0 Å². The molecule has 5 nitrogen and oxygen atoms in total. The van der Waals surface area contributed by atoms with Crippen molar-refractivity contribution in [1.29, 1.82) is 0 Å². The first-order chi connectivity index (χ1) is 11.2. The molecule has 1 aliphatic rings. The summed E-state index contributed by atoms with van der Waals surface area (Å²) in [6.45, 7) is 0.714. The summed E-state index contributed by atoms with van der Waals surface area (Å²) in [4.78, 5) is 12.8. The minimum Gasteiger partial charge on any atom is -0.358 e. The van der Waals surface area contributed by atoms with Crippen molar-refractivity contribution in [3.05, 3.63) is 42.5 Å². The lowest BCUT2D eigenvalue weighted by Crippen LogP contribution is -2.17. The number of aromatic nitrogens is 4. The van der Waals surface area contributed by atoms with Crippen molar-refractivity contribution >= 4 is 11.2 Å². The van der Waals surface area contributed by atoms with E-state index in [0.717, 1.165) is 31.4 Å². The highest BCUT2D eigenvalue weighted by Gasteiger charge is 2.20. The molecule has 1 unspecified atom stereocenters. The molecular weight excluding hydrogens is 302 g/mol. The summed E-state index contributed by atoms with van der Waals surface area (Å²) in [6, 6.07) is 3.68. The van der Waals surface area contributed by atoms with Gasteiger partial charge in [0.2, 0.25) is 0 Å². The summed E-state index contributed by atoms with van der Waals surface area (Å²) >= 11 is 0. The average molecular weight is 316 g/mol. The van der Waals surface area contributed by atoms with E-state index in [1.54, 1.807) is 6.33 Å². The Morgan fingerprint density at radius 2 is 2.00 bits per heavy atom. The van der Waals surface area contributed by atoms with Gasteiger partial charge in [-0.3, -0.25) is 4.57 Å². The van der Waals surface area contributed by atoms with E-state index in [1.807, 2.05) is 4.57 Å². The number of halogens is 2. The van der Waals surface area contributed by atoms with Crippen LogP contribution in [0, 0.1) is 11.6 Å². The van der Waals surface area contributed by atoms with Gasteiger partial charge in [0, 0.05) is 12.2 Å². The molecule has 4 rings (SSSR count). The van der Waals surface area contributed by atoms with Gasteiger partial charge in [0.25, 0.3) is 0 Å². The summed E-state index contributed by atoms with van der Waals surface area (Å²) in [7, 11) is 0. The Labute approximate surface area is 131 Å². The molecule has 1 fully saturated rings. The van der Waals surface area contributed by atoms with Gasteiger partial charge in [-0.25, -0.2) is 23.7 Å².